The van der Waals surface area contributed by atoms with Gasteiger partial charge in [0.25, 0.3) is 5.56 Å². The number of nitrogens with one attached hydrogen (secondary N) is 1. The van der Waals surface area contributed by atoms with E-state index in [0.29, 0.717) is 32.4 Å². The number of fused-ring (bicyclic) bond motifs is 1. The second kappa shape index (κ2) is 11.1. The number of likely N-dealkylation sites (N-methyl/N-ethyl adjacent to an activating group) is 1. The van der Waals surface area contributed by atoms with Gasteiger partial charge in [0.1, 0.15) is 21.6 Å². The molecular formula is C25H26ClN5O4S2. The summed E-state index contributed by atoms with van der Waals surface area (Å²) in [4.78, 5) is 36.7. The molecule has 0 bridgehead atoms. The highest BCUT2D eigenvalue weighted by Gasteiger charge is 2.21. The van der Waals surface area contributed by atoms with Gasteiger partial charge in [0.05, 0.1) is 15.2 Å². The fourth-order valence-electron chi connectivity index (χ4n) is 3.78. The van der Waals surface area contributed by atoms with Gasteiger partial charge in [-0.05, 0) is 63.0 Å². The molecule has 3 heterocycles. The molecule has 0 fully saturated rings. The predicted octanol–water partition coefficient (Wildman–Crippen LogP) is 3.36. The van der Waals surface area contributed by atoms with E-state index in [0.717, 1.165) is 30.1 Å². The lowest BCUT2D eigenvalue weighted by molar-refractivity contribution is -0.116. The number of aromatic nitrogens is 3. The van der Waals surface area contributed by atoms with Crippen molar-refractivity contribution in [3.63, 3.8) is 0 Å². The number of hydrogen-bond acceptors (Lipinski definition) is 9. The van der Waals surface area contributed by atoms with E-state index in [-0.39, 0.29) is 16.2 Å². The number of nitrogens with zero attached hydrogens (tertiary/aromatic N) is 4. The summed E-state index contributed by atoms with van der Waals surface area (Å²) in [5, 5.41) is 3.79. The SMILES string of the molecule is Cc1nc2cc(NCCN(C)C)ccc2c(=O)n1-c1ccc(CC(=O)CS(=O)(=O)c2ccc(Cl)s2)cn1. The van der Waals surface area contributed by atoms with Crippen molar-refractivity contribution < 1.29 is 13.2 Å². The number of sulfone groups is 1. The number of aryl methyl sites for hydroxylation is 1. The first kappa shape index (κ1) is 26.9. The Morgan fingerprint density at radius 3 is 2.59 bits per heavy atom. The number of Topliss-reactive ketones (excluding diaryl/α,β-unsaturated/α-hetero) is 1. The minimum atomic E-state index is -3.75. The normalized spacial score (nSPS) is 11.8. The third-order valence-electron chi connectivity index (χ3n) is 5.57. The molecule has 12 heteroatoms. The van der Waals surface area contributed by atoms with Crippen LogP contribution in [0.15, 0.2) is 57.7 Å². The molecule has 4 rings (SSSR count). The van der Waals surface area contributed by atoms with Crippen molar-refractivity contribution in [3.8, 4) is 5.82 Å². The summed E-state index contributed by atoms with van der Waals surface area (Å²) in [5.41, 5.74) is 1.76. The van der Waals surface area contributed by atoms with Crippen molar-refractivity contribution in [1.82, 2.24) is 19.4 Å². The number of thiophene rings is 1. The van der Waals surface area contributed by atoms with Crippen LogP contribution in [0, 0.1) is 6.92 Å². The summed E-state index contributed by atoms with van der Waals surface area (Å²) in [7, 11) is 0.252. The molecular weight excluding hydrogens is 534 g/mol. The molecule has 0 spiro atoms. The molecule has 0 radical (unpaired) electrons. The molecule has 1 aromatic carbocycles. The maximum absolute atomic E-state index is 13.2. The van der Waals surface area contributed by atoms with Gasteiger partial charge < -0.3 is 10.2 Å². The van der Waals surface area contributed by atoms with Crippen LogP contribution in [0.4, 0.5) is 5.69 Å². The predicted molar refractivity (Wildman–Crippen MR) is 147 cm³/mol. The molecule has 37 heavy (non-hydrogen) atoms. The Hall–Kier alpha value is -3.12. The highest BCUT2D eigenvalue weighted by atomic mass is 35.5. The number of anilines is 1. The lowest BCUT2D eigenvalue weighted by Gasteiger charge is -2.13. The molecule has 0 atom stereocenters. The van der Waals surface area contributed by atoms with Crippen LogP contribution < -0.4 is 10.9 Å². The molecule has 0 aliphatic heterocycles. The van der Waals surface area contributed by atoms with Gasteiger partial charge in [-0.15, -0.1) is 11.3 Å². The number of ketones is 1. The molecule has 3 aromatic heterocycles. The van der Waals surface area contributed by atoms with Crippen LogP contribution in [-0.4, -0.2) is 66.6 Å². The van der Waals surface area contributed by atoms with Gasteiger partial charge in [-0.1, -0.05) is 17.7 Å². The molecule has 0 saturated carbocycles. The van der Waals surface area contributed by atoms with E-state index in [1.54, 1.807) is 25.1 Å². The maximum atomic E-state index is 13.2. The Morgan fingerprint density at radius 2 is 1.95 bits per heavy atom. The minimum Gasteiger partial charge on any atom is -0.384 e. The lowest BCUT2D eigenvalue weighted by atomic mass is 10.1. The number of halogens is 1. The van der Waals surface area contributed by atoms with Gasteiger partial charge in [0.2, 0.25) is 0 Å². The van der Waals surface area contributed by atoms with Gasteiger partial charge in [-0.3, -0.25) is 9.59 Å². The van der Waals surface area contributed by atoms with E-state index in [2.05, 4.69) is 20.2 Å². The number of pyridine rings is 1. The van der Waals surface area contributed by atoms with E-state index in [1.165, 1.54) is 22.9 Å². The number of benzene rings is 1. The Labute approximate surface area is 223 Å². The molecule has 0 aliphatic carbocycles. The first-order chi connectivity index (χ1) is 17.5. The van der Waals surface area contributed by atoms with Crippen LogP contribution in [0.5, 0.6) is 0 Å². The Bertz CT molecular complexity index is 1610. The van der Waals surface area contributed by atoms with E-state index >= 15 is 0 Å². The van der Waals surface area contributed by atoms with Crippen LogP contribution in [-0.2, 0) is 21.1 Å². The van der Waals surface area contributed by atoms with Crippen molar-refractivity contribution in [2.45, 2.75) is 17.6 Å². The van der Waals surface area contributed by atoms with Crippen LogP contribution in [0.3, 0.4) is 0 Å². The average Bonchev–Trinajstić information content (AvgIpc) is 3.27. The summed E-state index contributed by atoms with van der Waals surface area (Å²) in [5.74, 6) is -0.248. The van der Waals surface area contributed by atoms with E-state index < -0.39 is 21.4 Å². The second-order valence-electron chi connectivity index (χ2n) is 8.82. The Balaban J connectivity index is 1.50. The molecule has 4 aromatic rings. The van der Waals surface area contributed by atoms with Crippen molar-refractivity contribution >= 4 is 55.1 Å². The zero-order valence-corrected chi connectivity index (χ0v) is 23.0. The molecule has 0 amide bonds. The summed E-state index contributed by atoms with van der Waals surface area (Å²) in [6.45, 7) is 3.37. The van der Waals surface area contributed by atoms with Crippen LogP contribution in [0.2, 0.25) is 4.34 Å². The van der Waals surface area contributed by atoms with Gasteiger partial charge in [-0.2, -0.15) is 0 Å². The van der Waals surface area contributed by atoms with Crippen molar-refractivity contribution in [2.24, 2.45) is 0 Å². The van der Waals surface area contributed by atoms with Gasteiger partial charge in [0.15, 0.2) is 15.6 Å². The number of hydrogen-bond donors (Lipinski definition) is 1. The lowest BCUT2D eigenvalue weighted by Crippen LogP contribution is -2.23. The van der Waals surface area contributed by atoms with Crippen molar-refractivity contribution in [3.05, 3.63) is 74.7 Å². The fourth-order valence-corrected chi connectivity index (χ4v) is 6.59. The standard InChI is InChI=1S/C25H26ClN5O4S2/c1-16-29-21-13-18(27-10-11-30(2)3)5-6-20(21)25(33)31(16)23-8-4-17(14-28-23)12-19(32)15-37(34,35)24-9-7-22(26)36-24/h4-9,13-14,27H,10-12,15H2,1-3H3. The summed E-state index contributed by atoms with van der Waals surface area (Å²) in [6, 6.07) is 11.6. The van der Waals surface area contributed by atoms with Crippen LogP contribution >= 0.6 is 22.9 Å². The summed E-state index contributed by atoms with van der Waals surface area (Å²) >= 11 is 6.74. The van der Waals surface area contributed by atoms with Crippen molar-refractivity contribution in [2.75, 3.05) is 38.3 Å². The Morgan fingerprint density at radius 1 is 1.16 bits per heavy atom. The number of rotatable bonds is 10. The minimum absolute atomic E-state index is 0.0643. The van der Waals surface area contributed by atoms with Crippen LogP contribution in [0.1, 0.15) is 11.4 Å². The number of carbonyl (C=O) groups is 1. The zero-order chi connectivity index (χ0) is 26.7. The molecule has 0 saturated heterocycles. The van der Waals surface area contributed by atoms with Crippen LogP contribution in [0.25, 0.3) is 16.7 Å². The van der Waals surface area contributed by atoms with Gasteiger partial charge >= 0.3 is 0 Å². The molecule has 1 N–H and O–H groups in total. The Kier molecular flexibility index (Phi) is 8.08. The van der Waals surface area contributed by atoms with Gasteiger partial charge in [-0.25, -0.2) is 23.0 Å². The van der Waals surface area contributed by atoms with Gasteiger partial charge in [0, 0.05) is 31.4 Å². The largest absolute Gasteiger partial charge is 0.384 e. The fraction of sp³-hybridized carbons (Fsp3) is 0.280. The quantitative estimate of drug-likeness (QED) is 0.314. The maximum Gasteiger partial charge on any atom is 0.267 e. The molecule has 0 aliphatic rings. The third kappa shape index (κ3) is 6.42. The molecule has 9 nitrogen and oxygen atoms in total. The first-order valence-corrected chi connectivity index (χ1v) is 14.3. The van der Waals surface area contributed by atoms with E-state index in [1.807, 2.05) is 26.2 Å². The first-order valence-electron chi connectivity index (χ1n) is 11.4. The smallest absolute Gasteiger partial charge is 0.267 e. The average molecular weight is 560 g/mol. The molecule has 0 unspecified atom stereocenters. The summed E-state index contributed by atoms with van der Waals surface area (Å²) < 4.78 is 26.7. The number of carbonyl (C=O) groups excluding carboxylic acids is 1. The third-order valence-corrected chi connectivity index (χ3v) is 9.06. The summed E-state index contributed by atoms with van der Waals surface area (Å²) in [6.07, 6.45) is 1.37. The topological polar surface area (TPSA) is 114 Å². The van der Waals surface area contributed by atoms with E-state index in [4.69, 9.17) is 11.6 Å². The highest BCUT2D eigenvalue weighted by molar-refractivity contribution is 7.94. The second-order valence-corrected chi connectivity index (χ2v) is 12.8. The van der Waals surface area contributed by atoms with E-state index in [9.17, 15) is 18.0 Å². The highest BCUT2D eigenvalue weighted by Crippen LogP contribution is 2.26. The van der Waals surface area contributed by atoms with Crippen molar-refractivity contribution in [1.29, 1.82) is 0 Å². The monoisotopic (exact) mass is 559 g/mol. The zero-order valence-electron chi connectivity index (χ0n) is 20.6. The molecule has 194 valence electrons.